The maximum atomic E-state index is 12.9. The molecule has 0 amide bonds. The van der Waals surface area contributed by atoms with E-state index in [-0.39, 0.29) is 31.1 Å². The summed E-state index contributed by atoms with van der Waals surface area (Å²) in [6, 6.07) is 0. The van der Waals surface area contributed by atoms with Gasteiger partial charge in [-0.2, -0.15) is 0 Å². The lowest BCUT2D eigenvalue weighted by Gasteiger charge is -2.18. The molecule has 452 valence electrons. The largest absolute Gasteiger partial charge is 0.462 e. The molecule has 1 unspecified atom stereocenters. The number of carbonyl (C=O) groups excluding carboxylic acids is 3. The monoisotopic (exact) mass is 1080 g/mol. The zero-order valence-electron chi connectivity index (χ0n) is 52.0. The average Bonchev–Trinajstić information content (AvgIpc) is 3.43. The van der Waals surface area contributed by atoms with Crippen molar-refractivity contribution < 1.29 is 28.6 Å². The quantitative estimate of drug-likeness (QED) is 0.0261. The second kappa shape index (κ2) is 66.1. The van der Waals surface area contributed by atoms with E-state index in [4.69, 9.17) is 14.2 Å². The first-order valence-corrected chi connectivity index (χ1v) is 34.5. The second-order valence-electron chi connectivity index (χ2n) is 23.4. The van der Waals surface area contributed by atoms with Crippen molar-refractivity contribution in [1.82, 2.24) is 0 Å². The Kier molecular flexibility index (Phi) is 64.1. The van der Waals surface area contributed by atoms with Crippen LogP contribution in [0, 0.1) is 0 Å². The molecule has 0 rings (SSSR count). The second-order valence-corrected chi connectivity index (χ2v) is 23.4. The minimum Gasteiger partial charge on any atom is -0.462 e. The molecule has 0 N–H and O–H groups in total. The fraction of sp³-hybridized carbons (Fsp3) is 0.873. The van der Waals surface area contributed by atoms with Crippen molar-refractivity contribution in [2.75, 3.05) is 13.2 Å². The summed E-state index contributed by atoms with van der Waals surface area (Å²) in [6.07, 6.45) is 81.6. The molecule has 0 heterocycles. The molecule has 0 aliphatic heterocycles. The highest BCUT2D eigenvalue weighted by molar-refractivity contribution is 5.71. The highest BCUT2D eigenvalue weighted by Crippen LogP contribution is 2.18. The number of ether oxygens (including phenoxy) is 3. The van der Waals surface area contributed by atoms with Gasteiger partial charge in [0.15, 0.2) is 6.10 Å². The van der Waals surface area contributed by atoms with Gasteiger partial charge in [-0.15, -0.1) is 0 Å². The van der Waals surface area contributed by atoms with E-state index in [1.807, 2.05) is 0 Å². The highest BCUT2D eigenvalue weighted by atomic mass is 16.6. The van der Waals surface area contributed by atoms with Gasteiger partial charge in [0.1, 0.15) is 13.2 Å². The average molecular weight is 1080 g/mol. The third-order valence-corrected chi connectivity index (χ3v) is 15.6. The van der Waals surface area contributed by atoms with E-state index < -0.39 is 6.10 Å². The molecule has 0 aliphatic carbocycles. The Morgan fingerprint density at radius 3 is 0.727 bits per heavy atom. The summed E-state index contributed by atoms with van der Waals surface area (Å²) >= 11 is 0. The molecule has 0 aromatic rings. The zero-order valence-corrected chi connectivity index (χ0v) is 52.0. The van der Waals surface area contributed by atoms with Gasteiger partial charge in [0.05, 0.1) is 0 Å². The molecule has 77 heavy (non-hydrogen) atoms. The maximum absolute atomic E-state index is 12.9. The molecule has 1 atom stereocenters. The standard InChI is InChI=1S/C71H132O6/c1-4-7-10-13-16-19-22-25-28-30-32-34-35-37-38-40-43-46-49-52-55-58-61-64-70(73)76-67-68(66-75-69(72)63-60-57-54-51-48-45-42-27-24-21-18-15-12-9-6-3)77-71(74)65-62-59-56-53-50-47-44-41-39-36-33-31-29-26-23-20-17-14-11-8-5-2/h22,25,27,30,32,42,68H,4-21,23-24,26,28-29,31,33-41,43-67H2,1-3H3/b25-22-,32-30-,42-27-. The molecule has 0 aromatic carbocycles. The molecule has 0 radical (unpaired) electrons. The summed E-state index contributed by atoms with van der Waals surface area (Å²) in [4.78, 5) is 38.4. The van der Waals surface area contributed by atoms with Crippen LogP contribution in [0.4, 0.5) is 0 Å². The van der Waals surface area contributed by atoms with Crippen molar-refractivity contribution in [3.8, 4) is 0 Å². The number of unbranched alkanes of at least 4 members (excludes halogenated alkanes) is 47. The van der Waals surface area contributed by atoms with Gasteiger partial charge in [0, 0.05) is 19.3 Å². The van der Waals surface area contributed by atoms with Gasteiger partial charge in [-0.25, -0.2) is 0 Å². The van der Waals surface area contributed by atoms with Gasteiger partial charge in [-0.1, -0.05) is 320 Å². The van der Waals surface area contributed by atoms with E-state index in [2.05, 4.69) is 57.2 Å². The number of rotatable bonds is 64. The van der Waals surface area contributed by atoms with Crippen LogP contribution < -0.4 is 0 Å². The number of hydrogen-bond donors (Lipinski definition) is 0. The van der Waals surface area contributed by atoms with Crippen molar-refractivity contribution in [3.63, 3.8) is 0 Å². The molecule has 6 heteroatoms. The Hall–Kier alpha value is -2.37. The fourth-order valence-electron chi connectivity index (χ4n) is 10.4. The Balaban J connectivity index is 4.29. The molecule has 0 bridgehead atoms. The summed E-state index contributed by atoms with van der Waals surface area (Å²) in [6.45, 7) is 6.69. The van der Waals surface area contributed by atoms with Crippen LogP contribution >= 0.6 is 0 Å². The van der Waals surface area contributed by atoms with Gasteiger partial charge >= 0.3 is 17.9 Å². The van der Waals surface area contributed by atoms with Crippen molar-refractivity contribution in [2.24, 2.45) is 0 Å². The van der Waals surface area contributed by atoms with Crippen molar-refractivity contribution in [1.29, 1.82) is 0 Å². The molecule has 0 saturated carbocycles. The first kappa shape index (κ1) is 74.6. The first-order valence-electron chi connectivity index (χ1n) is 34.5. The van der Waals surface area contributed by atoms with E-state index in [1.54, 1.807) is 0 Å². The Labute approximate surface area is 480 Å². The predicted molar refractivity (Wildman–Crippen MR) is 335 cm³/mol. The minimum absolute atomic E-state index is 0.0712. The van der Waals surface area contributed by atoms with Crippen molar-refractivity contribution in [2.45, 2.75) is 386 Å². The molecule has 0 aromatic heterocycles. The van der Waals surface area contributed by atoms with E-state index in [1.165, 1.54) is 270 Å². The van der Waals surface area contributed by atoms with Crippen LogP contribution in [-0.4, -0.2) is 37.2 Å². The van der Waals surface area contributed by atoms with Crippen LogP contribution in [0.5, 0.6) is 0 Å². The van der Waals surface area contributed by atoms with Gasteiger partial charge in [0.25, 0.3) is 0 Å². The van der Waals surface area contributed by atoms with Gasteiger partial charge < -0.3 is 14.2 Å². The molecular formula is C71H132O6. The molecule has 0 saturated heterocycles. The Morgan fingerprint density at radius 1 is 0.260 bits per heavy atom. The number of allylic oxidation sites excluding steroid dienone is 6. The van der Waals surface area contributed by atoms with Crippen LogP contribution in [0.2, 0.25) is 0 Å². The summed E-state index contributed by atoms with van der Waals surface area (Å²) in [5, 5.41) is 0. The van der Waals surface area contributed by atoms with Gasteiger partial charge in [0.2, 0.25) is 0 Å². The Morgan fingerprint density at radius 2 is 0.468 bits per heavy atom. The van der Waals surface area contributed by atoms with E-state index in [9.17, 15) is 14.4 Å². The van der Waals surface area contributed by atoms with Gasteiger partial charge in [-0.05, 0) is 77.0 Å². The number of esters is 3. The summed E-state index contributed by atoms with van der Waals surface area (Å²) in [5.41, 5.74) is 0. The lowest BCUT2D eigenvalue weighted by Crippen LogP contribution is -2.30. The first-order chi connectivity index (χ1) is 38.0. The van der Waals surface area contributed by atoms with Crippen molar-refractivity contribution >= 4 is 17.9 Å². The SMILES string of the molecule is CCCCCCC/C=C\C/C=C\CCCCCCCCCCCCCC(=O)OCC(COC(=O)CCCCCCC/C=C\CCCCCCCC)OC(=O)CCCCCCCCCCCCCCCCCCCCCCC. The van der Waals surface area contributed by atoms with Crippen molar-refractivity contribution in [3.05, 3.63) is 36.5 Å². The molecule has 6 nitrogen and oxygen atoms in total. The smallest absolute Gasteiger partial charge is 0.306 e. The lowest BCUT2D eigenvalue weighted by molar-refractivity contribution is -0.167. The topological polar surface area (TPSA) is 78.9 Å². The zero-order chi connectivity index (χ0) is 55.7. The summed E-state index contributed by atoms with van der Waals surface area (Å²) < 4.78 is 17.0. The third-order valence-electron chi connectivity index (χ3n) is 15.6. The normalized spacial score (nSPS) is 12.2. The third kappa shape index (κ3) is 64.3. The van der Waals surface area contributed by atoms with Crippen LogP contribution in [0.1, 0.15) is 380 Å². The van der Waals surface area contributed by atoms with Crippen LogP contribution in [0.15, 0.2) is 36.5 Å². The number of hydrogen-bond acceptors (Lipinski definition) is 6. The summed E-state index contributed by atoms with van der Waals surface area (Å²) in [7, 11) is 0. The highest BCUT2D eigenvalue weighted by Gasteiger charge is 2.19. The van der Waals surface area contributed by atoms with Crippen LogP contribution in [0.25, 0.3) is 0 Å². The fourth-order valence-corrected chi connectivity index (χ4v) is 10.4. The Bertz CT molecular complexity index is 1290. The minimum atomic E-state index is -0.775. The predicted octanol–water partition coefficient (Wildman–Crippen LogP) is 23.6. The van der Waals surface area contributed by atoms with E-state index in [0.717, 1.165) is 70.6 Å². The molecule has 0 aliphatic rings. The molecular weight excluding hydrogens is 949 g/mol. The lowest BCUT2D eigenvalue weighted by atomic mass is 10.0. The molecule has 0 fully saturated rings. The van der Waals surface area contributed by atoms with Crippen LogP contribution in [0.3, 0.4) is 0 Å². The van der Waals surface area contributed by atoms with E-state index in [0.29, 0.717) is 19.3 Å². The maximum Gasteiger partial charge on any atom is 0.306 e. The van der Waals surface area contributed by atoms with Gasteiger partial charge in [-0.3, -0.25) is 14.4 Å². The van der Waals surface area contributed by atoms with E-state index >= 15 is 0 Å². The van der Waals surface area contributed by atoms with Crippen LogP contribution in [-0.2, 0) is 28.6 Å². The summed E-state index contributed by atoms with van der Waals surface area (Å²) in [5.74, 6) is -0.853. The number of carbonyl (C=O) groups is 3. The molecule has 0 spiro atoms.